The molecule has 1 aliphatic rings. The Morgan fingerprint density at radius 3 is 2.48 bits per heavy atom. The van der Waals surface area contributed by atoms with Crippen molar-refractivity contribution >= 4 is 21.6 Å². The van der Waals surface area contributed by atoms with E-state index in [2.05, 4.69) is 5.32 Å². The lowest BCUT2D eigenvalue weighted by Crippen LogP contribution is -2.41. The van der Waals surface area contributed by atoms with Gasteiger partial charge in [0.2, 0.25) is 10.0 Å². The van der Waals surface area contributed by atoms with Crippen LogP contribution in [0.4, 0.5) is 5.69 Å². The number of carbonyl (C=O) groups excluding carboxylic acids is 1. The first-order valence-corrected chi connectivity index (χ1v) is 12.3. The summed E-state index contributed by atoms with van der Waals surface area (Å²) in [7, 11) is -0.192. The number of hydrogen-bond donors (Lipinski definition) is 1. The van der Waals surface area contributed by atoms with Crippen molar-refractivity contribution in [1.29, 1.82) is 0 Å². The van der Waals surface area contributed by atoms with Crippen LogP contribution in [0.2, 0.25) is 0 Å². The molecule has 7 nitrogen and oxygen atoms in total. The Hall–Kier alpha value is -2.74. The number of amides is 1. The van der Waals surface area contributed by atoms with E-state index in [0.717, 1.165) is 36.8 Å². The normalized spacial score (nSPS) is 16.7. The van der Waals surface area contributed by atoms with Gasteiger partial charge in [-0.2, -0.15) is 0 Å². The summed E-state index contributed by atoms with van der Waals surface area (Å²) in [4.78, 5) is 12.9. The fourth-order valence-electron chi connectivity index (χ4n) is 3.74. The Bertz CT molecular complexity index is 1020. The van der Waals surface area contributed by atoms with Crippen LogP contribution in [0.5, 0.6) is 11.5 Å². The van der Waals surface area contributed by atoms with E-state index < -0.39 is 16.1 Å². The van der Waals surface area contributed by atoms with Gasteiger partial charge in [-0.3, -0.25) is 9.10 Å². The van der Waals surface area contributed by atoms with Crippen molar-refractivity contribution in [1.82, 2.24) is 5.32 Å². The molecule has 3 rings (SSSR count). The average Bonchev–Trinajstić information content (AvgIpc) is 2.76. The Labute approximate surface area is 184 Å². The molecule has 1 aliphatic carbocycles. The van der Waals surface area contributed by atoms with E-state index in [0.29, 0.717) is 17.9 Å². The molecule has 0 fully saturated rings. The predicted molar refractivity (Wildman–Crippen MR) is 121 cm³/mol. The molecule has 0 spiro atoms. The van der Waals surface area contributed by atoms with Gasteiger partial charge >= 0.3 is 0 Å². The van der Waals surface area contributed by atoms with Crippen molar-refractivity contribution in [3.8, 4) is 11.5 Å². The minimum atomic E-state index is -3.33. The van der Waals surface area contributed by atoms with Gasteiger partial charge in [0.25, 0.3) is 5.91 Å². The highest BCUT2D eigenvalue weighted by Gasteiger charge is 2.26. The molecule has 0 radical (unpaired) electrons. The Balaban J connectivity index is 1.68. The van der Waals surface area contributed by atoms with Gasteiger partial charge in [0.1, 0.15) is 11.5 Å². The molecule has 0 aliphatic heterocycles. The van der Waals surface area contributed by atoms with Crippen LogP contribution in [0, 0.1) is 0 Å². The lowest BCUT2D eigenvalue weighted by atomic mass is 9.87. The van der Waals surface area contributed by atoms with Crippen LogP contribution < -0.4 is 19.1 Å². The third-order valence-corrected chi connectivity index (χ3v) is 6.83. The smallest absolute Gasteiger partial charge is 0.261 e. The van der Waals surface area contributed by atoms with Crippen molar-refractivity contribution in [3.05, 3.63) is 53.6 Å². The first-order valence-electron chi connectivity index (χ1n) is 10.4. The molecule has 0 saturated heterocycles. The summed E-state index contributed by atoms with van der Waals surface area (Å²) in [6.07, 6.45) is 3.88. The van der Waals surface area contributed by atoms with Crippen molar-refractivity contribution in [2.24, 2.45) is 0 Å². The third-order valence-electron chi connectivity index (χ3n) is 5.62. The summed E-state index contributed by atoms with van der Waals surface area (Å²) in [5, 5.41) is 3.14. The zero-order valence-electron chi connectivity index (χ0n) is 18.4. The van der Waals surface area contributed by atoms with Gasteiger partial charge < -0.3 is 14.8 Å². The third kappa shape index (κ3) is 5.50. The topological polar surface area (TPSA) is 84.9 Å². The fourth-order valence-corrected chi connectivity index (χ4v) is 4.25. The van der Waals surface area contributed by atoms with Crippen molar-refractivity contribution in [3.63, 3.8) is 0 Å². The summed E-state index contributed by atoms with van der Waals surface area (Å²) in [5.74, 6) is 1.18. The summed E-state index contributed by atoms with van der Waals surface area (Å²) >= 11 is 0. The first-order chi connectivity index (χ1) is 14.7. The quantitative estimate of drug-likeness (QED) is 0.671. The van der Waals surface area contributed by atoms with Crippen molar-refractivity contribution in [2.75, 3.05) is 24.7 Å². The van der Waals surface area contributed by atoms with Gasteiger partial charge in [-0.25, -0.2) is 8.42 Å². The molecule has 168 valence electrons. The highest BCUT2D eigenvalue weighted by Crippen LogP contribution is 2.32. The molecule has 0 heterocycles. The largest absolute Gasteiger partial charge is 0.497 e. The number of hydrogen-bond acceptors (Lipinski definition) is 5. The van der Waals surface area contributed by atoms with Gasteiger partial charge in [0.15, 0.2) is 6.10 Å². The fraction of sp³-hybridized carbons (Fsp3) is 0.435. The second-order valence-electron chi connectivity index (χ2n) is 7.76. The second-order valence-corrected chi connectivity index (χ2v) is 9.77. The minimum Gasteiger partial charge on any atom is -0.497 e. The number of ether oxygens (including phenoxy) is 2. The van der Waals surface area contributed by atoms with Crippen LogP contribution in [0.15, 0.2) is 42.5 Å². The first kappa shape index (κ1) is 22.9. The maximum Gasteiger partial charge on any atom is 0.261 e. The molecule has 0 unspecified atom stereocenters. The number of sulfonamides is 1. The van der Waals surface area contributed by atoms with E-state index in [1.165, 1.54) is 16.9 Å². The zero-order valence-corrected chi connectivity index (χ0v) is 19.2. The van der Waals surface area contributed by atoms with Gasteiger partial charge in [-0.1, -0.05) is 13.0 Å². The van der Waals surface area contributed by atoms with Crippen LogP contribution in [-0.2, 0) is 21.2 Å². The van der Waals surface area contributed by atoms with Gasteiger partial charge in [0.05, 0.1) is 25.1 Å². The Kier molecular flexibility index (Phi) is 7.10. The predicted octanol–water partition coefficient (Wildman–Crippen LogP) is 3.44. The van der Waals surface area contributed by atoms with Gasteiger partial charge in [-0.15, -0.1) is 0 Å². The molecule has 2 atom stereocenters. The molecule has 0 aromatic heterocycles. The summed E-state index contributed by atoms with van der Waals surface area (Å²) < 4.78 is 35.8. The van der Waals surface area contributed by atoms with E-state index in [4.69, 9.17) is 9.47 Å². The number of methoxy groups -OCH3 is 1. The second kappa shape index (κ2) is 9.60. The molecule has 0 bridgehead atoms. The number of carbonyl (C=O) groups is 1. The number of nitrogens with zero attached hydrogens (tertiary/aromatic N) is 1. The van der Waals surface area contributed by atoms with Gasteiger partial charge in [-0.05, 0) is 73.2 Å². The van der Waals surface area contributed by atoms with Crippen LogP contribution in [0.25, 0.3) is 0 Å². The minimum absolute atomic E-state index is 0.0504. The van der Waals surface area contributed by atoms with Crippen LogP contribution in [-0.4, -0.2) is 40.8 Å². The molecular formula is C23H30N2O5S. The zero-order chi connectivity index (χ0) is 22.6. The highest BCUT2D eigenvalue weighted by molar-refractivity contribution is 7.92. The van der Waals surface area contributed by atoms with Crippen LogP contribution >= 0.6 is 0 Å². The molecule has 31 heavy (non-hydrogen) atoms. The standard InChI is InChI=1S/C23H30N2O5S/c1-5-22(30-18-11-9-17(10-12-18)25(2)31(4,27)28)23(26)24-21-8-6-7-16-15-19(29-3)13-14-20(16)21/h9-15,21-22H,5-8H2,1-4H3,(H,24,26)/t21-,22+/m1/s1. The Morgan fingerprint density at radius 2 is 1.87 bits per heavy atom. The van der Waals surface area contributed by atoms with E-state index >= 15 is 0 Å². The lowest BCUT2D eigenvalue weighted by molar-refractivity contribution is -0.129. The number of nitrogens with one attached hydrogen (secondary N) is 1. The average molecular weight is 447 g/mol. The highest BCUT2D eigenvalue weighted by atomic mass is 32.2. The molecule has 8 heteroatoms. The summed E-state index contributed by atoms with van der Waals surface area (Å²) in [6.45, 7) is 1.90. The number of aryl methyl sites for hydroxylation is 1. The molecule has 2 aromatic carbocycles. The summed E-state index contributed by atoms with van der Waals surface area (Å²) in [6, 6.07) is 12.6. The molecule has 1 N–H and O–H groups in total. The molecular weight excluding hydrogens is 416 g/mol. The maximum atomic E-state index is 12.9. The number of benzene rings is 2. The lowest BCUT2D eigenvalue weighted by Gasteiger charge is -2.28. The number of fused-ring (bicyclic) bond motifs is 1. The monoisotopic (exact) mass is 446 g/mol. The van der Waals surface area contributed by atoms with Crippen LogP contribution in [0.1, 0.15) is 43.4 Å². The molecule has 1 amide bonds. The molecule has 0 saturated carbocycles. The van der Waals surface area contributed by atoms with Crippen molar-refractivity contribution in [2.45, 2.75) is 44.8 Å². The maximum absolute atomic E-state index is 12.9. The van der Waals surface area contributed by atoms with Gasteiger partial charge in [0, 0.05) is 7.05 Å². The van der Waals surface area contributed by atoms with E-state index in [1.54, 1.807) is 31.4 Å². The summed E-state index contributed by atoms with van der Waals surface area (Å²) in [5.41, 5.74) is 2.86. The van der Waals surface area contributed by atoms with Crippen LogP contribution in [0.3, 0.4) is 0 Å². The Morgan fingerprint density at radius 1 is 1.19 bits per heavy atom. The number of anilines is 1. The van der Waals surface area contributed by atoms with E-state index in [-0.39, 0.29) is 11.9 Å². The number of rotatable bonds is 8. The van der Waals surface area contributed by atoms with Crippen molar-refractivity contribution < 1.29 is 22.7 Å². The SMILES string of the molecule is CC[C@H](Oc1ccc(N(C)S(C)(=O)=O)cc1)C(=O)N[C@@H]1CCCc2cc(OC)ccc21. The van der Waals surface area contributed by atoms with E-state index in [9.17, 15) is 13.2 Å². The van der Waals surface area contributed by atoms with E-state index in [1.807, 2.05) is 25.1 Å². The molecule has 2 aromatic rings.